The van der Waals surface area contributed by atoms with Gasteiger partial charge in [0.2, 0.25) is 0 Å². The Hall–Kier alpha value is -2.19. The van der Waals surface area contributed by atoms with Crippen LogP contribution in [0.25, 0.3) is 0 Å². The fourth-order valence-electron chi connectivity index (χ4n) is 2.07. The molecule has 0 spiro atoms. The molecule has 1 atom stereocenters. The van der Waals surface area contributed by atoms with E-state index >= 15 is 0 Å². The van der Waals surface area contributed by atoms with Gasteiger partial charge in [-0.15, -0.1) is 0 Å². The summed E-state index contributed by atoms with van der Waals surface area (Å²) in [6, 6.07) is 13.5. The summed E-state index contributed by atoms with van der Waals surface area (Å²) in [5, 5.41) is 12.3. The average molecular weight is 346 g/mol. The van der Waals surface area contributed by atoms with Crippen LogP contribution in [0.5, 0.6) is 5.75 Å². The molecule has 0 heterocycles. The molecule has 0 saturated carbocycles. The van der Waals surface area contributed by atoms with Gasteiger partial charge in [-0.1, -0.05) is 28.1 Å². The van der Waals surface area contributed by atoms with Crippen LogP contribution in [0, 0.1) is 11.3 Å². The maximum atomic E-state index is 8.97. The second kappa shape index (κ2) is 6.51. The molecule has 0 saturated heterocycles. The van der Waals surface area contributed by atoms with Gasteiger partial charge in [0.1, 0.15) is 11.4 Å². The van der Waals surface area contributed by atoms with E-state index in [1.54, 1.807) is 19.2 Å². The Bertz CT molecular complexity index is 677. The van der Waals surface area contributed by atoms with Crippen LogP contribution in [0.3, 0.4) is 0 Å². The molecule has 2 aromatic carbocycles. The van der Waals surface area contributed by atoms with Crippen molar-refractivity contribution in [3.05, 3.63) is 52.0 Å². The van der Waals surface area contributed by atoms with Crippen molar-refractivity contribution in [2.24, 2.45) is 0 Å². The fraction of sp³-hybridized carbons (Fsp3) is 0.188. The fourth-order valence-corrected chi connectivity index (χ4v) is 2.33. The quantitative estimate of drug-likeness (QED) is 0.818. The van der Waals surface area contributed by atoms with E-state index in [2.05, 4.69) is 27.3 Å². The minimum atomic E-state index is 0.0576. The predicted molar refractivity (Wildman–Crippen MR) is 88.3 cm³/mol. The summed E-state index contributed by atoms with van der Waals surface area (Å²) >= 11 is 3.42. The van der Waals surface area contributed by atoms with Crippen LogP contribution in [0.2, 0.25) is 0 Å². The van der Waals surface area contributed by atoms with Crippen LogP contribution >= 0.6 is 15.9 Å². The third-order valence-electron chi connectivity index (χ3n) is 3.21. The van der Waals surface area contributed by atoms with Crippen molar-refractivity contribution in [2.75, 3.05) is 18.2 Å². The maximum absolute atomic E-state index is 8.97. The molecule has 0 radical (unpaired) electrons. The molecular formula is C16H16BrN3O. The minimum absolute atomic E-state index is 0.0576. The second-order valence-electron chi connectivity index (χ2n) is 4.67. The Morgan fingerprint density at radius 2 is 1.95 bits per heavy atom. The lowest BCUT2D eigenvalue weighted by Crippen LogP contribution is -2.10. The number of hydrogen-bond donors (Lipinski definition) is 2. The van der Waals surface area contributed by atoms with E-state index in [0.29, 0.717) is 22.7 Å². The molecule has 0 bridgehead atoms. The summed E-state index contributed by atoms with van der Waals surface area (Å²) in [6.45, 7) is 2.04. The zero-order valence-electron chi connectivity index (χ0n) is 11.9. The molecule has 5 heteroatoms. The van der Waals surface area contributed by atoms with Crippen molar-refractivity contribution in [3.8, 4) is 11.8 Å². The maximum Gasteiger partial charge on any atom is 0.145 e. The summed E-state index contributed by atoms with van der Waals surface area (Å²) in [4.78, 5) is 0. The van der Waals surface area contributed by atoms with Crippen LogP contribution in [-0.2, 0) is 0 Å². The lowest BCUT2D eigenvalue weighted by Gasteiger charge is -2.20. The molecule has 108 valence electrons. The Labute approximate surface area is 132 Å². The van der Waals surface area contributed by atoms with Gasteiger partial charge >= 0.3 is 0 Å². The normalized spacial score (nSPS) is 11.5. The Morgan fingerprint density at radius 3 is 2.52 bits per heavy atom. The molecule has 0 aliphatic carbocycles. The van der Waals surface area contributed by atoms with Crippen molar-refractivity contribution in [1.82, 2.24) is 0 Å². The number of nitrogen functional groups attached to an aromatic ring is 1. The van der Waals surface area contributed by atoms with Crippen LogP contribution < -0.4 is 15.8 Å². The number of nitrogens with one attached hydrogen (secondary N) is 1. The van der Waals surface area contributed by atoms with E-state index in [1.807, 2.05) is 31.2 Å². The van der Waals surface area contributed by atoms with E-state index in [1.165, 1.54) is 0 Å². The number of hydrogen-bond acceptors (Lipinski definition) is 4. The molecule has 3 N–H and O–H groups in total. The van der Waals surface area contributed by atoms with Crippen LogP contribution in [0.15, 0.2) is 40.9 Å². The second-order valence-corrected chi connectivity index (χ2v) is 5.59. The van der Waals surface area contributed by atoms with Crippen LogP contribution in [0.4, 0.5) is 11.4 Å². The summed E-state index contributed by atoms with van der Waals surface area (Å²) < 4.78 is 6.36. The highest BCUT2D eigenvalue weighted by molar-refractivity contribution is 9.10. The van der Waals surface area contributed by atoms with Crippen molar-refractivity contribution < 1.29 is 4.74 Å². The van der Waals surface area contributed by atoms with E-state index in [-0.39, 0.29) is 6.04 Å². The number of halogens is 1. The molecule has 2 aromatic rings. The number of ether oxygens (including phenoxy) is 1. The van der Waals surface area contributed by atoms with Crippen molar-refractivity contribution >= 4 is 27.3 Å². The molecule has 21 heavy (non-hydrogen) atoms. The van der Waals surface area contributed by atoms with Gasteiger partial charge in [0.15, 0.2) is 0 Å². The molecule has 2 rings (SSSR count). The van der Waals surface area contributed by atoms with E-state index in [4.69, 9.17) is 15.7 Å². The molecule has 1 unspecified atom stereocenters. The SMILES string of the molecule is COc1cc(C#N)cc(N)c1NC(C)c1ccc(Br)cc1. The van der Waals surface area contributed by atoms with Gasteiger partial charge in [-0.25, -0.2) is 0 Å². The van der Waals surface area contributed by atoms with E-state index in [9.17, 15) is 0 Å². The van der Waals surface area contributed by atoms with E-state index < -0.39 is 0 Å². The van der Waals surface area contributed by atoms with Gasteiger partial charge in [-0.3, -0.25) is 0 Å². The first kappa shape index (κ1) is 15.2. The van der Waals surface area contributed by atoms with Gasteiger partial charge in [0.05, 0.1) is 24.4 Å². The van der Waals surface area contributed by atoms with Crippen LogP contribution in [0.1, 0.15) is 24.1 Å². The average Bonchev–Trinajstić information content (AvgIpc) is 2.49. The van der Waals surface area contributed by atoms with Crippen molar-refractivity contribution in [3.63, 3.8) is 0 Å². The lowest BCUT2D eigenvalue weighted by molar-refractivity contribution is 0.416. The first-order valence-electron chi connectivity index (χ1n) is 6.44. The zero-order valence-corrected chi connectivity index (χ0v) is 13.4. The third-order valence-corrected chi connectivity index (χ3v) is 3.74. The molecule has 4 nitrogen and oxygen atoms in total. The first-order chi connectivity index (χ1) is 10.0. The standard InChI is InChI=1S/C16H16BrN3O/c1-10(12-3-5-13(17)6-4-12)20-16-14(19)7-11(9-18)8-15(16)21-2/h3-8,10,20H,19H2,1-2H3. The zero-order chi connectivity index (χ0) is 15.4. The van der Waals surface area contributed by atoms with Gasteiger partial charge in [0, 0.05) is 16.6 Å². The highest BCUT2D eigenvalue weighted by Crippen LogP contribution is 2.35. The monoisotopic (exact) mass is 345 g/mol. The number of rotatable bonds is 4. The first-order valence-corrected chi connectivity index (χ1v) is 7.24. The Kier molecular flexibility index (Phi) is 4.71. The van der Waals surface area contributed by atoms with Gasteiger partial charge < -0.3 is 15.8 Å². The summed E-state index contributed by atoms with van der Waals surface area (Å²) in [5.74, 6) is 0.565. The number of nitriles is 1. The van der Waals surface area contributed by atoms with Gasteiger partial charge in [-0.2, -0.15) is 5.26 Å². The molecule has 0 aliphatic rings. The third kappa shape index (κ3) is 3.47. The lowest BCUT2D eigenvalue weighted by atomic mass is 10.1. The summed E-state index contributed by atoms with van der Waals surface area (Å²) in [6.07, 6.45) is 0. The number of nitrogens with zero attached hydrogens (tertiary/aromatic N) is 1. The molecule has 0 fully saturated rings. The summed E-state index contributed by atoms with van der Waals surface area (Å²) in [5.41, 5.74) is 8.83. The van der Waals surface area contributed by atoms with Gasteiger partial charge in [-0.05, 0) is 30.7 Å². The molecule has 0 aromatic heterocycles. The Morgan fingerprint density at radius 1 is 1.29 bits per heavy atom. The van der Waals surface area contributed by atoms with Crippen molar-refractivity contribution in [2.45, 2.75) is 13.0 Å². The van der Waals surface area contributed by atoms with Gasteiger partial charge in [0.25, 0.3) is 0 Å². The number of nitrogens with two attached hydrogens (primary N) is 1. The topological polar surface area (TPSA) is 71.1 Å². The van der Waals surface area contributed by atoms with Crippen LogP contribution in [-0.4, -0.2) is 7.11 Å². The van der Waals surface area contributed by atoms with Crippen molar-refractivity contribution in [1.29, 1.82) is 5.26 Å². The highest BCUT2D eigenvalue weighted by Gasteiger charge is 2.13. The number of methoxy groups -OCH3 is 1. The highest BCUT2D eigenvalue weighted by atomic mass is 79.9. The smallest absolute Gasteiger partial charge is 0.145 e. The minimum Gasteiger partial charge on any atom is -0.494 e. The molecule has 0 aliphatic heterocycles. The number of benzene rings is 2. The molecule has 0 amide bonds. The molecular weight excluding hydrogens is 330 g/mol. The van der Waals surface area contributed by atoms with E-state index in [0.717, 1.165) is 10.0 Å². The number of anilines is 2. The largest absolute Gasteiger partial charge is 0.494 e. The predicted octanol–water partition coefficient (Wildman–Crippen LogP) is 4.08. The Balaban J connectivity index is 2.30. The summed E-state index contributed by atoms with van der Waals surface area (Å²) in [7, 11) is 1.56.